The molecule has 0 saturated carbocycles. The molecule has 0 saturated heterocycles. The topological polar surface area (TPSA) is 117 Å². The van der Waals surface area contributed by atoms with Gasteiger partial charge >= 0.3 is 11.9 Å². The summed E-state index contributed by atoms with van der Waals surface area (Å²) in [4.78, 5) is 39.5. The first-order valence-corrected chi connectivity index (χ1v) is 9.33. The van der Waals surface area contributed by atoms with Crippen LogP contribution in [0, 0.1) is 0 Å². The number of amides is 1. The molecule has 0 aromatic heterocycles. The lowest BCUT2D eigenvalue weighted by Crippen LogP contribution is -2.49. The van der Waals surface area contributed by atoms with E-state index in [2.05, 4.69) is 5.32 Å². The number of nitrogens with two attached hydrogens (primary N) is 1. The van der Waals surface area contributed by atoms with Crippen LogP contribution < -0.4 is 15.8 Å². The van der Waals surface area contributed by atoms with Gasteiger partial charge in [0.2, 0.25) is 11.8 Å². The zero-order valence-corrected chi connectivity index (χ0v) is 17.0. The number of benzene rings is 1. The van der Waals surface area contributed by atoms with Crippen LogP contribution in [0.3, 0.4) is 0 Å². The lowest BCUT2D eigenvalue weighted by Gasteiger charge is -2.36. The van der Waals surface area contributed by atoms with Gasteiger partial charge in [-0.1, -0.05) is 18.2 Å². The van der Waals surface area contributed by atoms with Crippen LogP contribution in [0.25, 0.3) is 0 Å². The van der Waals surface area contributed by atoms with Gasteiger partial charge in [0.25, 0.3) is 0 Å². The first kappa shape index (κ1) is 20.4. The molecule has 0 fully saturated rings. The van der Waals surface area contributed by atoms with E-state index in [4.69, 9.17) is 19.9 Å². The summed E-state index contributed by atoms with van der Waals surface area (Å²) in [5.74, 6) is -2.19. The summed E-state index contributed by atoms with van der Waals surface area (Å²) in [5, 5.41) is 2.67. The molecular formula is C21H24N2O6. The van der Waals surface area contributed by atoms with Gasteiger partial charge in [-0.25, -0.2) is 9.59 Å². The van der Waals surface area contributed by atoms with Gasteiger partial charge in [-0.2, -0.15) is 0 Å². The molecule has 1 aromatic rings. The van der Waals surface area contributed by atoms with E-state index < -0.39 is 35.5 Å². The van der Waals surface area contributed by atoms with E-state index in [1.807, 2.05) is 0 Å². The fourth-order valence-corrected chi connectivity index (χ4v) is 3.68. The highest BCUT2D eigenvalue weighted by atomic mass is 16.6. The second kappa shape index (κ2) is 7.27. The molecule has 2 heterocycles. The maximum absolute atomic E-state index is 13.4. The Kier molecular flexibility index (Phi) is 5.13. The Balaban J connectivity index is 2.34. The molecule has 1 aromatic carbocycles. The molecule has 3 rings (SSSR count). The number of allylic oxidation sites excluding steroid dienone is 1. The fraction of sp³-hybridized carbons (Fsp3) is 0.381. The first-order valence-electron chi connectivity index (χ1n) is 9.33. The lowest BCUT2D eigenvalue weighted by molar-refractivity contribution is -0.146. The summed E-state index contributed by atoms with van der Waals surface area (Å²) in [6.07, 6.45) is -0.907. The summed E-state index contributed by atoms with van der Waals surface area (Å²) in [6, 6.07) is 6.61. The number of para-hydroxylation sites is 1. The number of fused-ring (bicyclic) bond motifs is 2. The summed E-state index contributed by atoms with van der Waals surface area (Å²) in [5.41, 5.74) is 4.61. The Morgan fingerprint density at radius 1 is 1.03 bits per heavy atom. The van der Waals surface area contributed by atoms with E-state index in [0.29, 0.717) is 5.56 Å². The van der Waals surface area contributed by atoms with E-state index in [1.165, 1.54) is 0 Å². The lowest BCUT2D eigenvalue weighted by atomic mass is 9.67. The third kappa shape index (κ3) is 3.14. The highest BCUT2D eigenvalue weighted by Gasteiger charge is 2.61. The molecular weight excluding hydrogens is 376 g/mol. The largest absolute Gasteiger partial charge is 0.460 e. The average Bonchev–Trinajstić information content (AvgIpc) is 2.84. The summed E-state index contributed by atoms with van der Waals surface area (Å²) < 4.78 is 16.4. The molecule has 0 unspecified atom stereocenters. The van der Waals surface area contributed by atoms with Crippen molar-refractivity contribution >= 4 is 17.8 Å². The summed E-state index contributed by atoms with van der Waals surface area (Å²) in [6.45, 7) is 8.30. The Bertz CT molecular complexity index is 960. The Morgan fingerprint density at radius 3 is 2.17 bits per heavy atom. The number of ether oxygens (including phenoxy) is 3. The second-order valence-electron chi connectivity index (χ2n) is 7.45. The summed E-state index contributed by atoms with van der Waals surface area (Å²) in [7, 11) is 0. The van der Waals surface area contributed by atoms with Gasteiger partial charge in [-0.15, -0.1) is 0 Å². The molecule has 0 aliphatic carbocycles. The Hall–Kier alpha value is -3.29. The van der Waals surface area contributed by atoms with Crippen molar-refractivity contribution in [3.05, 3.63) is 52.6 Å². The van der Waals surface area contributed by atoms with E-state index in [1.54, 1.807) is 58.9 Å². The van der Waals surface area contributed by atoms with Crippen LogP contribution in [0.15, 0.2) is 47.0 Å². The molecule has 2 aliphatic heterocycles. The standard InChI is InChI=1S/C21H24N2O6/c1-10(2)27-18(24)15-12(5)23-20(26)21(15)13-8-6-7-9-14(13)29-17(22)16(21)19(25)28-11(3)4/h6-11H,22H2,1-5H3,(H,23,26)/t21-/m0/s1. The van der Waals surface area contributed by atoms with Crippen molar-refractivity contribution in [2.24, 2.45) is 5.73 Å². The van der Waals surface area contributed by atoms with Crippen molar-refractivity contribution in [1.82, 2.24) is 5.32 Å². The second-order valence-corrected chi connectivity index (χ2v) is 7.45. The fourth-order valence-electron chi connectivity index (χ4n) is 3.68. The van der Waals surface area contributed by atoms with Crippen LogP contribution in [-0.2, 0) is 29.3 Å². The summed E-state index contributed by atoms with van der Waals surface area (Å²) >= 11 is 0. The van der Waals surface area contributed by atoms with Crippen LogP contribution in [0.5, 0.6) is 5.75 Å². The minimum absolute atomic E-state index is 0.00870. The number of hydrogen-bond acceptors (Lipinski definition) is 7. The average molecular weight is 400 g/mol. The van der Waals surface area contributed by atoms with Gasteiger partial charge in [0, 0.05) is 11.3 Å². The van der Waals surface area contributed by atoms with E-state index in [9.17, 15) is 14.4 Å². The van der Waals surface area contributed by atoms with Crippen molar-refractivity contribution in [2.45, 2.75) is 52.2 Å². The minimum Gasteiger partial charge on any atom is -0.460 e. The molecule has 1 spiro atoms. The molecule has 3 N–H and O–H groups in total. The maximum Gasteiger partial charge on any atom is 0.341 e. The van der Waals surface area contributed by atoms with Crippen LogP contribution in [-0.4, -0.2) is 30.1 Å². The molecule has 0 radical (unpaired) electrons. The first-order chi connectivity index (χ1) is 13.6. The maximum atomic E-state index is 13.4. The van der Waals surface area contributed by atoms with Gasteiger partial charge < -0.3 is 25.3 Å². The predicted molar refractivity (Wildman–Crippen MR) is 103 cm³/mol. The van der Waals surface area contributed by atoms with Crippen LogP contribution in [0.4, 0.5) is 0 Å². The monoisotopic (exact) mass is 400 g/mol. The number of hydrogen-bond donors (Lipinski definition) is 2. The predicted octanol–water partition coefficient (Wildman–Crippen LogP) is 1.79. The van der Waals surface area contributed by atoms with Crippen LogP contribution in [0.1, 0.15) is 40.2 Å². The highest BCUT2D eigenvalue weighted by molar-refractivity contribution is 6.17. The molecule has 1 atom stereocenters. The SMILES string of the molecule is CC1=C(C(=O)OC(C)C)[C@]2(C(=O)N1)C(C(=O)OC(C)C)=C(N)Oc1ccccc12. The molecule has 0 bridgehead atoms. The third-order valence-corrected chi connectivity index (χ3v) is 4.62. The zero-order valence-electron chi connectivity index (χ0n) is 17.0. The van der Waals surface area contributed by atoms with Crippen LogP contribution in [0.2, 0.25) is 0 Å². The number of rotatable bonds is 4. The minimum atomic E-state index is -1.83. The van der Waals surface area contributed by atoms with Crippen molar-refractivity contribution in [2.75, 3.05) is 0 Å². The zero-order chi connectivity index (χ0) is 21.5. The molecule has 8 nitrogen and oxygen atoms in total. The number of carbonyl (C=O) groups is 3. The van der Waals surface area contributed by atoms with E-state index >= 15 is 0 Å². The number of esters is 2. The van der Waals surface area contributed by atoms with Gasteiger partial charge in [0.15, 0.2) is 0 Å². The van der Waals surface area contributed by atoms with E-state index in [0.717, 1.165) is 0 Å². The number of carbonyl (C=O) groups excluding carboxylic acids is 3. The normalized spacial score (nSPS) is 20.7. The van der Waals surface area contributed by atoms with Gasteiger partial charge in [-0.05, 0) is 40.7 Å². The highest BCUT2D eigenvalue weighted by Crippen LogP contribution is 2.51. The molecule has 29 heavy (non-hydrogen) atoms. The van der Waals surface area contributed by atoms with Gasteiger partial charge in [0.05, 0.1) is 17.8 Å². The van der Waals surface area contributed by atoms with Crippen molar-refractivity contribution in [1.29, 1.82) is 0 Å². The van der Waals surface area contributed by atoms with E-state index in [-0.39, 0.29) is 28.5 Å². The Labute approximate surface area is 168 Å². The molecule has 154 valence electrons. The number of nitrogens with one attached hydrogen (secondary N) is 1. The molecule has 8 heteroatoms. The molecule has 2 aliphatic rings. The van der Waals surface area contributed by atoms with Crippen molar-refractivity contribution in [3.63, 3.8) is 0 Å². The third-order valence-electron chi connectivity index (χ3n) is 4.62. The smallest absolute Gasteiger partial charge is 0.341 e. The molecule has 1 amide bonds. The quantitative estimate of drug-likeness (QED) is 0.740. The van der Waals surface area contributed by atoms with Crippen molar-refractivity contribution in [3.8, 4) is 5.75 Å². The van der Waals surface area contributed by atoms with Crippen LogP contribution >= 0.6 is 0 Å². The Morgan fingerprint density at radius 2 is 1.59 bits per heavy atom. The van der Waals surface area contributed by atoms with Gasteiger partial charge in [0.1, 0.15) is 16.7 Å². The van der Waals surface area contributed by atoms with Crippen molar-refractivity contribution < 1.29 is 28.6 Å². The van der Waals surface area contributed by atoms with Gasteiger partial charge in [-0.3, -0.25) is 4.79 Å².